The summed E-state index contributed by atoms with van der Waals surface area (Å²) in [5.41, 5.74) is 4.43. The van der Waals surface area contributed by atoms with Gasteiger partial charge in [0, 0.05) is 41.2 Å². The van der Waals surface area contributed by atoms with Crippen LogP contribution in [0, 0.1) is 6.92 Å². The molecular formula is C21H28N2S2. The Balaban J connectivity index is 1.88. The van der Waals surface area contributed by atoms with Gasteiger partial charge in [-0.3, -0.25) is 4.31 Å². The average molecular weight is 373 g/mol. The van der Waals surface area contributed by atoms with Gasteiger partial charge < -0.3 is 5.32 Å². The Morgan fingerprint density at radius 3 is 2.88 bits per heavy atom. The number of piperazine rings is 1. The maximum absolute atomic E-state index is 3.54. The van der Waals surface area contributed by atoms with Gasteiger partial charge in [0.1, 0.15) is 0 Å². The number of benzene rings is 1. The van der Waals surface area contributed by atoms with E-state index in [-0.39, 0.29) is 11.1 Å². The average Bonchev–Trinajstić information content (AvgIpc) is 2.83. The van der Waals surface area contributed by atoms with Crippen molar-refractivity contribution in [3.05, 3.63) is 53.1 Å². The number of thiol groups is 1. The van der Waals surface area contributed by atoms with E-state index >= 15 is 0 Å². The summed E-state index contributed by atoms with van der Waals surface area (Å²) >= 11 is 1.67. The van der Waals surface area contributed by atoms with Gasteiger partial charge in [-0.2, -0.15) is 11.1 Å². The van der Waals surface area contributed by atoms with Crippen LogP contribution >= 0.6 is 22.8 Å². The van der Waals surface area contributed by atoms with E-state index in [4.69, 9.17) is 0 Å². The SMILES string of the molecule is CCSc1ccc(C)c2c1[SH](N1CCNCC1)C1CC=CC=C1C=C2. The van der Waals surface area contributed by atoms with Crippen molar-refractivity contribution >= 4 is 28.9 Å². The first-order valence-electron chi connectivity index (χ1n) is 9.35. The normalized spacial score (nSPS) is 27.4. The third-order valence-electron chi connectivity index (χ3n) is 5.23. The minimum Gasteiger partial charge on any atom is -0.314 e. The van der Waals surface area contributed by atoms with Gasteiger partial charge in [0.05, 0.1) is 0 Å². The molecule has 0 bridgehead atoms. The molecule has 3 aliphatic rings. The predicted octanol–water partition coefficient (Wildman–Crippen LogP) is 4.57. The van der Waals surface area contributed by atoms with Crippen LogP contribution in [0.4, 0.5) is 0 Å². The predicted molar refractivity (Wildman–Crippen MR) is 114 cm³/mol. The Hall–Kier alpha value is -0.940. The Kier molecular flexibility index (Phi) is 5.41. The van der Waals surface area contributed by atoms with Crippen molar-refractivity contribution < 1.29 is 0 Å². The zero-order chi connectivity index (χ0) is 17.2. The summed E-state index contributed by atoms with van der Waals surface area (Å²) in [6, 6.07) is 4.69. The summed E-state index contributed by atoms with van der Waals surface area (Å²) in [6.45, 7) is 9.11. The maximum atomic E-state index is 3.54. The summed E-state index contributed by atoms with van der Waals surface area (Å²) in [6.07, 6.45) is 12.9. The second kappa shape index (κ2) is 7.75. The Morgan fingerprint density at radius 2 is 2.08 bits per heavy atom. The maximum Gasteiger partial charge on any atom is 0.0307 e. The first kappa shape index (κ1) is 17.5. The van der Waals surface area contributed by atoms with E-state index < -0.39 is 0 Å². The highest BCUT2D eigenvalue weighted by molar-refractivity contribution is 8.16. The van der Waals surface area contributed by atoms with Gasteiger partial charge in [0.25, 0.3) is 0 Å². The molecule has 1 aromatic carbocycles. The van der Waals surface area contributed by atoms with Gasteiger partial charge in [-0.25, -0.2) is 0 Å². The van der Waals surface area contributed by atoms with E-state index in [0.29, 0.717) is 5.25 Å². The molecule has 25 heavy (non-hydrogen) atoms. The second-order valence-electron chi connectivity index (χ2n) is 6.80. The number of hydrogen-bond donors (Lipinski definition) is 2. The Labute approximate surface area is 158 Å². The van der Waals surface area contributed by atoms with E-state index in [1.165, 1.54) is 41.1 Å². The van der Waals surface area contributed by atoms with Gasteiger partial charge in [-0.15, -0.1) is 11.8 Å². The van der Waals surface area contributed by atoms with Crippen LogP contribution in [0.5, 0.6) is 0 Å². The van der Waals surface area contributed by atoms with E-state index in [2.05, 4.69) is 66.0 Å². The summed E-state index contributed by atoms with van der Waals surface area (Å²) in [5, 5.41) is 4.17. The van der Waals surface area contributed by atoms with Crippen molar-refractivity contribution in [2.75, 3.05) is 31.9 Å². The molecule has 1 fully saturated rings. The number of nitrogens with zero attached hydrogens (tertiary/aromatic N) is 1. The standard InChI is InChI=1S/C21H28N2S2/c1-3-24-19-11-8-16(2)18-10-9-17-6-4-5-7-20(17)25(21(18)19)23-14-12-22-13-15-23/h4-6,8-11,20,22,25H,3,7,12-15H2,1-2H3. The highest BCUT2D eigenvalue weighted by Crippen LogP contribution is 2.56. The molecule has 2 nitrogen and oxygen atoms in total. The minimum absolute atomic E-state index is 0.348. The molecule has 0 spiro atoms. The molecule has 0 aromatic heterocycles. The molecule has 0 radical (unpaired) electrons. The molecular weight excluding hydrogens is 344 g/mol. The molecule has 1 aromatic rings. The summed E-state index contributed by atoms with van der Waals surface area (Å²) < 4.78 is 2.80. The molecule has 1 saturated heterocycles. The molecule has 2 atom stereocenters. The molecule has 1 aliphatic carbocycles. The van der Waals surface area contributed by atoms with E-state index in [9.17, 15) is 0 Å². The number of thioether (sulfide) groups is 1. The number of hydrogen-bond acceptors (Lipinski definition) is 3. The fraction of sp³-hybridized carbons (Fsp3) is 0.429. The van der Waals surface area contributed by atoms with Crippen LogP contribution in [-0.4, -0.2) is 41.5 Å². The van der Waals surface area contributed by atoms with Gasteiger partial charge in [0.2, 0.25) is 0 Å². The molecule has 4 rings (SSSR count). The van der Waals surface area contributed by atoms with Crippen LogP contribution in [0.1, 0.15) is 24.5 Å². The topological polar surface area (TPSA) is 15.3 Å². The first-order chi connectivity index (χ1) is 12.3. The number of aryl methyl sites for hydroxylation is 1. The van der Waals surface area contributed by atoms with Crippen LogP contribution < -0.4 is 5.32 Å². The van der Waals surface area contributed by atoms with Crippen LogP contribution in [-0.2, 0) is 0 Å². The fourth-order valence-corrected chi connectivity index (χ4v) is 8.38. The lowest BCUT2D eigenvalue weighted by Crippen LogP contribution is -2.43. The Bertz CT molecular complexity index is 730. The molecule has 2 heterocycles. The van der Waals surface area contributed by atoms with Crippen LogP contribution in [0.25, 0.3) is 6.08 Å². The van der Waals surface area contributed by atoms with Crippen LogP contribution in [0.15, 0.2) is 51.8 Å². The zero-order valence-corrected chi connectivity index (χ0v) is 16.9. The third kappa shape index (κ3) is 3.37. The summed E-state index contributed by atoms with van der Waals surface area (Å²) in [5.74, 6) is 1.14. The van der Waals surface area contributed by atoms with Gasteiger partial charge in [-0.05, 0) is 41.9 Å². The van der Waals surface area contributed by atoms with Crippen molar-refractivity contribution in [1.82, 2.24) is 9.62 Å². The number of nitrogens with one attached hydrogen (secondary N) is 1. The Morgan fingerprint density at radius 1 is 1.24 bits per heavy atom. The number of allylic oxidation sites excluding steroid dienone is 4. The minimum atomic E-state index is -0.348. The van der Waals surface area contributed by atoms with Crippen LogP contribution in [0.2, 0.25) is 0 Å². The highest BCUT2D eigenvalue weighted by atomic mass is 32.2. The van der Waals surface area contributed by atoms with Crippen molar-refractivity contribution in [3.63, 3.8) is 0 Å². The molecule has 0 saturated carbocycles. The number of rotatable bonds is 3. The summed E-state index contributed by atoms with van der Waals surface area (Å²) in [4.78, 5) is 3.15. The van der Waals surface area contributed by atoms with Crippen molar-refractivity contribution in [3.8, 4) is 0 Å². The fourth-order valence-electron chi connectivity index (χ4n) is 3.99. The lowest BCUT2D eigenvalue weighted by molar-refractivity contribution is 0.389. The molecule has 1 N–H and O–H groups in total. The van der Waals surface area contributed by atoms with Crippen molar-refractivity contribution in [1.29, 1.82) is 0 Å². The zero-order valence-electron chi connectivity index (χ0n) is 15.2. The lowest BCUT2D eigenvalue weighted by Gasteiger charge is -2.44. The van der Waals surface area contributed by atoms with Gasteiger partial charge in [0.15, 0.2) is 0 Å². The van der Waals surface area contributed by atoms with Gasteiger partial charge in [-0.1, -0.05) is 43.4 Å². The largest absolute Gasteiger partial charge is 0.314 e. The monoisotopic (exact) mass is 372 g/mol. The van der Waals surface area contributed by atoms with E-state index in [0.717, 1.165) is 18.8 Å². The third-order valence-corrected chi connectivity index (χ3v) is 9.37. The van der Waals surface area contributed by atoms with Crippen molar-refractivity contribution in [2.45, 2.75) is 35.3 Å². The van der Waals surface area contributed by atoms with Gasteiger partial charge >= 0.3 is 0 Å². The lowest BCUT2D eigenvalue weighted by atomic mass is 10.0. The molecule has 0 amide bonds. The van der Waals surface area contributed by atoms with Crippen LogP contribution in [0.3, 0.4) is 0 Å². The van der Waals surface area contributed by atoms with E-state index in [1.54, 1.807) is 4.90 Å². The molecule has 2 unspecified atom stereocenters. The first-order valence-corrected chi connectivity index (χ1v) is 11.7. The second-order valence-corrected chi connectivity index (χ2v) is 10.4. The van der Waals surface area contributed by atoms with Crippen molar-refractivity contribution in [2.24, 2.45) is 0 Å². The number of fused-ring (bicyclic) bond motifs is 2. The smallest absolute Gasteiger partial charge is 0.0307 e. The van der Waals surface area contributed by atoms with E-state index in [1.807, 2.05) is 11.8 Å². The molecule has 134 valence electrons. The summed E-state index contributed by atoms with van der Waals surface area (Å²) in [7, 11) is 0. The highest BCUT2D eigenvalue weighted by Gasteiger charge is 2.33. The quantitative estimate of drug-likeness (QED) is 0.597. The molecule has 2 aliphatic heterocycles. The molecule has 4 heteroatoms.